The average Bonchev–Trinajstić information content (AvgIpc) is 2.24. The van der Waals surface area contributed by atoms with Crippen LogP contribution in [0, 0.1) is 0 Å². The number of rotatable bonds is 5. The smallest absolute Gasteiger partial charge is 0.125 e. The molecule has 16 heavy (non-hydrogen) atoms. The first kappa shape index (κ1) is 13.0. The van der Waals surface area contributed by atoms with E-state index in [2.05, 4.69) is 0 Å². The lowest BCUT2D eigenvalue weighted by Crippen LogP contribution is -2.29. The minimum Gasteiger partial charge on any atom is -0.493 e. The minimum absolute atomic E-state index is 0.607. The van der Waals surface area contributed by atoms with Gasteiger partial charge in [-0.15, -0.1) is 0 Å². The summed E-state index contributed by atoms with van der Waals surface area (Å²) >= 11 is 0. The molecule has 0 aliphatic rings. The predicted molar refractivity (Wildman–Crippen MR) is 63.5 cm³/mol. The molecule has 1 unspecified atom stereocenters. The van der Waals surface area contributed by atoms with Gasteiger partial charge in [0.05, 0.1) is 12.2 Å². The van der Waals surface area contributed by atoms with Crippen molar-refractivity contribution < 1.29 is 14.9 Å². The van der Waals surface area contributed by atoms with Crippen molar-refractivity contribution in [1.29, 1.82) is 0 Å². The lowest BCUT2D eigenvalue weighted by Gasteiger charge is -2.26. The number of ether oxygens (including phenoxy) is 1. The largest absolute Gasteiger partial charge is 0.493 e. The van der Waals surface area contributed by atoms with Crippen molar-refractivity contribution in [3.8, 4) is 5.75 Å². The third-order valence-electron chi connectivity index (χ3n) is 2.34. The van der Waals surface area contributed by atoms with Crippen molar-refractivity contribution in [3.05, 3.63) is 29.8 Å². The molecule has 0 heterocycles. The Morgan fingerprint density at radius 1 is 1.31 bits per heavy atom. The van der Waals surface area contributed by atoms with E-state index in [4.69, 9.17) is 4.74 Å². The van der Waals surface area contributed by atoms with Gasteiger partial charge in [-0.25, -0.2) is 0 Å². The Morgan fingerprint density at radius 3 is 2.50 bits per heavy atom. The van der Waals surface area contributed by atoms with Crippen molar-refractivity contribution >= 4 is 0 Å². The molecule has 1 aromatic carbocycles. The van der Waals surface area contributed by atoms with Gasteiger partial charge >= 0.3 is 0 Å². The van der Waals surface area contributed by atoms with Gasteiger partial charge in [0.25, 0.3) is 0 Å². The Morgan fingerprint density at radius 2 is 1.94 bits per heavy atom. The molecule has 90 valence electrons. The third kappa shape index (κ3) is 3.22. The molecule has 2 N–H and O–H groups in total. The van der Waals surface area contributed by atoms with E-state index in [1.165, 1.54) is 0 Å². The Bertz CT molecular complexity index is 328. The van der Waals surface area contributed by atoms with E-state index in [-0.39, 0.29) is 0 Å². The Labute approximate surface area is 96.7 Å². The summed E-state index contributed by atoms with van der Waals surface area (Å²) in [5, 5.41) is 19.8. The van der Waals surface area contributed by atoms with Crippen molar-refractivity contribution in [2.75, 3.05) is 6.61 Å². The summed E-state index contributed by atoms with van der Waals surface area (Å²) in [5.41, 5.74) is -0.547. The number of aliphatic hydroxyl groups is 2. The summed E-state index contributed by atoms with van der Waals surface area (Å²) < 4.78 is 5.53. The highest BCUT2D eigenvalue weighted by Crippen LogP contribution is 2.32. The summed E-state index contributed by atoms with van der Waals surface area (Å²) in [6, 6.07) is 7.25. The lowest BCUT2D eigenvalue weighted by atomic mass is 9.94. The van der Waals surface area contributed by atoms with Crippen LogP contribution in [0.15, 0.2) is 24.3 Å². The van der Waals surface area contributed by atoms with Gasteiger partial charge in [0.1, 0.15) is 11.9 Å². The zero-order valence-electron chi connectivity index (χ0n) is 10.1. The fourth-order valence-electron chi connectivity index (χ4n) is 1.43. The third-order valence-corrected chi connectivity index (χ3v) is 2.34. The van der Waals surface area contributed by atoms with Crippen LogP contribution >= 0.6 is 0 Å². The molecule has 1 atom stereocenters. The topological polar surface area (TPSA) is 49.7 Å². The van der Waals surface area contributed by atoms with Crippen LogP contribution in [0.2, 0.25) is 0 Å². The van der Waals surface area contributed by atoms with Gasteiger partial charge in [-0.1, -0.05) is 25.1 Å². The standard InChI is InChI=1S/C13H20O3/c1-4-9-16-11-8-6-5-7-10(11)12(14)13(2,3)15/h5-8,12,14-15H,4,9H2,1-3H3. The van der Waals surface area contributed by atoms with Crippen LogP contribution in [0.25, 0.3) is 0 Å². The first-order chi connectivity index (χ1) is 7.46. The molecule has 0 aliphatic carbocycles. The van der Waals surface area contributed by atoms with Gasteiger partial charge in [0, 0.05) is 5.56 Å². The second-order valence-corrected chi connectivity index (χ2v) is 4.44. The number of benzene rings is 1. The fraction of sp³-hybridized carbons (Fsp3) is 0.538. The highest BCUT2D eigenvalue weighted by Gasteiger charge is 2.28. The molecule has 1 aromatic rings. The van der Waals surface area contributed by atoms with Gasteiger partial charge in [-0.3, -0.25) is 0 Å². The summed E-state index contributed by atoms with van der Waals surface area (Å²) in [5.74, 6) is 0.638. The summed E-state index contributed by atoms with van der Waals surface area (Å²) in [6.45, 7) is 5.78. The maximum absolute atomic E-state index is 10.0. The zero-order valence-corrected chi connectivity index (χ0v) is 10.1. The summed E-state index contributed by atoms with van der Waals surface area (Å²) in [7, 11) is 0. The Balaban J connectivity index is 2.94. The highest BCUT2D eigenvalue weighted by molar-refractivity contribution is 5.36. The molecular weight excluding hydrogens is 204 g/mol. The van der Waals surface area contributed by atoms with E-state index in [0.717, 1.165) is 6.42 Å². The van der Waals surface area contributed by atoms with E-state index in [1.807, 2.05) is 19.1 Å². The first-order valence-electron chi connectivity index (χ1n) is 5.59. The molecular formula is C13H20O3. The van der Waals surface area contributed by atoms with Crippen LogP contribution in [0.1, 0.15) is 38.9 Å². The van der Waals surface area contributed by atoms with Crippen molar-refractivity contribution in [1.82, 2.24) is 0 Å². The maximum Gasteiger partial charge on any atom is 0.125 e. The SMILES string of the molecule is CCCOc1ccccc1C(O)C(C)(C)O. The number of hydrogen-bond donors (Lipinski definition) is 2. The zero-order chi connectivity index (χ0) is 12.2. The first-order valence-corrected chi connectivity index (χ1v) is 5.59. The van der Waals surface area contributed by atoms with Gasteiger partial charge in [0.15, 0.2) is 0 Å². The molecule has 0 aromatic heterocycles. The van der Waals surface area contributed by atoms with E-state index < -0.39 is 11.7 Å². The van der Waals surface area contributed by atoms with E-state index in [1.54, 1.807) is 26.0 Å². The van der Waals surface area contributed by atoms with Crippen LogP contribution in [-0.4, -0.2) is 22.4 Å². The molecule has 0 saturated heterocycles. The van der Waals surface area contributed by atoms with Gasteiger partial charge in [-0.2, -0.15) is 0 Å². The monoisotopic (exact) mass is 224 g/mol. The Kier molecular flexibility index (Phi) is 4.33. The van der Waals surface area contributed by atoms with Crippen LogP contribution in [-0.2, 0) is 0 Å². The second kappa shape index (κ2) is 5.32. The second-order valence-electron chi connectivity index (χ2n) is 4.44. The van der Waals surface area contributed by atoms with Crippen molar-refractivity contribution in [2.45, 2.75) is 38.9 Å². The number of para-hydroxylation sites is 1. The fourth-order valence-corrected chi connectivity index (χ4v) is 1.43. The molecule has 1 rings (SSSR count). The normalized spacial score (nSPS) is 13.6. The molecule has 0 saturated carbocycles. The summed E-state index contributed by atoms with van der Waals surface area (Å²) in [6.07, 6.45) is -0.0343. The van der Waals surface area contributed by atoms with Crippen LogP contribution in [0.3, 0.4) is 0 Å². The van der Waals surface area contributed by atoms with E-state index in [9.17, 15) is 10.2 Å². The molecule has 0 spiro atoms. The minimum atomic E-state index is -1.17. The van der Waals surface area contributed by atoms with Crippen molar-refractivity contribution in [3.63, 3.8) is 0 Å². The number of aliphatic hydroxyl groups excluding tert-OH is 1. The molecule has 0 amide bonds. The van der Waals surface area contributed by atoms with Crippen molar-refractivity contribution in [2.24, 2.45) is 0 Å². The highest BCUT2D eigenvalue weighted by atomic mass is 16.5. The summed E-state index contributed by atoms with van der Waals surface area (Å²) in [4.78, 5) is 0. The predicted octanol–water partition coefficient (Wildman–Crippen LogP) is 2.28. The van der Waals surface area contributed by atoms with E-state index >= 15 is 0 Å². The maximum atomic E-state index is 10.0. The molecule has 0 radical (unpaired) electrons. The lowest BCUT2D eigenvalue weighted by molar-refractivity contribution is -0.0507. The quantitative estimate of drug-likeness (QED) is 0.806. The van der Waals surface area contributed by atoms with Crippen LogP contribution in [0.4, 0.5) is 0 Å². The van der Waals surface area contributed by atoms with Gasteiger partial charge < -0.3 is 14.9 Å². The molecule has 3 heteroatoms. The van der Waals surface area contributed by atoms with Crippen LogP contribution < -0.4 is 4.74 Å². The molecule has 3 nitrogen and oxygen atoms in total. The van der Waals surface area contributed by atoms with Gasteiger partial charge in [0.2, 0.25) is 0 Å². The Hall–Kier alpha value is -1.06. The molecule has 0 aliphatic heterocycles. The average molecular weight is 224 g/mol. The van der Waals surface area contributed by atoms with Crippen LogP contribution in [0.5, 0.6) is 5.75 Å². The molecule has 0 bridgehead atoms. The molecule has 0 fully saturated rings. The number of hydrogen-bond acceptors (Lipinski definition) is 3. The van der Waals surface area contributed by atoms with E-state index in [0.29, 0.717) is 17.9 Å². The van der Waals surface area contributed by atoms with Gasteiger partial charge in [-0.05, 0) is 26.3 Å².